The van der Waals surface area contributed by atoms with Crippen LogP contribution in [0.15, 0.2) is 77.9 Å². The Morgan fingerprint density at radius 3 is 2.12 bits per heavy atom. The molecule has 0 saturated carbocycles. The third-order valence-electron chi connectivity index (χ3n) is 5.01. The van der Waals surface area contributed by atoms with Gasteiger partial charge in [-0.15, -0.1) is 0 Å². The number of rotatable bonds is 7. The molecule has 3 rings (SSSR count). The first-order chi connectivity index (χ1) is 15.8. The molecule has 0 heterocycles. The van der Waals surface area contributed by atoms with Crippen molar-refractivity contribution < 1.29 is 14.3 Å². The van der Waals surface area contributed by atoms with E-state index in [2.05, 4.69) is 36.6 Å². The first-order valence-electron chi connectivity index (χ1n) is 10.8. The maximum Gasteiger partial charge on any atom is 0.271 e. The zero-order chi connectivity index (χ0) is 23.8. The number of para-hydroxylation sites is 1. The van der Waals surface area contributed by atoms with Crippen LogP contribution in [0.25, 0.3) is 0 Å². The number of carbonyl (C=O) groups is 2. The van der Waals surface area contributed by atoms with Gasteiger partial charge in [0, 0.05) is 22.4 Å². The minimum atomic E-state index is -0.351. The lowest BCUT2D eigenvalue weighted by molar-refractivity contribution is 0.0954. The molecule has 3 aromatic rings. The number of nitrogens with zero attached hydrogens (tertiary/aromatic N) is 1. The standard InChI is InChI=1S/C27H29N3O3/c1-5-33-24-9-7-6-8-21(24)18-28-30-26(32)20-12-16-23(17-13-20)29-25(31)19-10-14-22(15-11-19)27(2,3)4/h6-18H,5H2,1-4H3,(H,29,31)(H,30,32)/b28-18+. The van der Waals surface area contributed by atoms with E-state index in [1.165, 1.54) is 5.56 Å². The summed E-state index contributed by atoms with van der Waals surface area (Å²) in [5.41, 5.74) is 6.08. The zero-order valence-corrected chi connectivity index (χ0v) is 19.4. The number of ether oxygens (including phenoxy) is 1. The Morgan fingerprint density at radius 1 is 0.879 bits per heavy atom. The van der Waals surface area contributed by atoms with Crippen LogP contribution in [0, 0.1) is 0 Å². The molecule has 0 bridgehead atoms. The predicted octanol–water partition coefficient (Wildman–Crippen LogP) is 5.40. The minimum absolute atomic E-state index is 0.0299. The second-order valence-electron chi connectivity index (χ2n) is 8.53. The largest absolute Gasteiger partial charge is 0.493 e. The number of hydrogen-bond donors (Lipinski definition) is 2. The number of anilines is 1. The van der Waals surface area contributed by atoms with Gasteiger partial charge < -0.3 is 10.1 Å². The highest BCUT2D eigenvalue weighted by Crippen LogP contribution is 2.22. The van der Waals surface area contributed by atoms with E-state index in [1.807, 2.05) is 55.5 Å². The van der Waals surface area contributed by atoms with Crippen LogP contribution in [0.3, 0.4) is 0 Å². The summed E-state index contributed by atoms with van der Waals surface area (Å²) in [7, 11) is 0. The quantitative estimate of drug-likeness (QED) is 0.379. The fourth-order valence-electron chi connectivity index (χ4n) is 3.13. The number of hydrazone groups is 1. The van der Waals surface area contributed by atoms with Gasteiger partial charge in [-0.05, 0) is 66.4 Å². The van der Waals surface area contributed by atoms with Crippen molar-refractivity contribution in [2.24, 2.45) is 5.10 Å². The van der Waals surface area contributed by atoms with Crippen LogP contribution in [-0.4, -0.2) is 24.6 Å². The van der Waals surface area contributed by atoms with Crippen molar-refractivity contribution in [3.05, 3.63) is 95.1 Å². The van der Waals surface area contributed by atoms with Gasteiger partial charge in [-0.3, -0.25) is 9.59 Å². The highest BCUT2D eigenvalue weighted by atomic mass is 16.5. The van der Waals surface area contributed by atoms with Gasteiger partial charge in [0.2, 0.25) is 0 Å². The van der Waals surface area contributed by atoms with Crippen LogP contribution in [0.5, 0.6) is 5.75 Å². The van der Waals surface area contributed by atoms with E-state index in [4.69, 9.17) is 4.74 Å². The average Bonchev–Trinajstić information content (AvgIpc) is 2.80. The van der Waals surface area contributed by atoms with E-state index in [-0.39, 0.29) is 17.2 Å². The molecule has 0 saturated heterocycles. The Morgan fingerprint density at radius 2 is 1.48 bits per heavy atom. The van der Waals surface area contributed by atoms with Crippen molar-refractivity contribution in [2.75, 3.05) is 11.9 Å². The van der Waals surface area contributed by atoms with E-state index < -0.39 is 0 Å². The lowest BCUT2D eigenvalue weighted by Crippen LogP contribution is -2.18. The Balaban J connectivity index is 1.58. The molecule has 2 amide bonds. The lowest BCUT2D eigenvalue weighted by Gasteiger charge is -2.19. The van der Waals surface area contributed by atoms with E-state index >= 15 is 0 Å². The maximum absolute atomic E-state index is 12.5. The van der Waals surface area contributed by atoms with Gasteiger partial charge in [0.1, 0.15) is 5.75 Å². The molecule has 2 N–H and O–H groups in total. The SMILES string of the molecule is CCOc1ccccc1/C=N/NC(=O)c1ccc(NC(=O)c2ccc(C(C)(C)C)cc2)cc1. The first kappa shape index (κ1) is 23.7. The van der Waals surface area contributed by atoms with Crippen LogP contribution in [0.1, 0.15) is 59.5 Å². The molecule has 33 heavy (non-hydrogen) atoms. The number of nitrogens with one attached hydrogen (secondary N) is 2. The van der Waals surface area contributed by atoms with Crippen molar-refractivity contribution in [3.63, 3.8) is 0 Å². The smallest absolute Gasteiger partial charge is 0.271 e. The maximum atomic E-state index is 12.5. The third-order valence-corrected chi connectivity index (χ3v) is 5.01. The third kappa shape index (κ3) is 6.53. The summed E-state index contributed by atoms with van der Waals surface area (Å²) in [5, 5.41) is 6.87. The fraction of sp³-hybridized carbons (Fsp3) is 0.222. The van der Waals surface area contributed by atoms with Crippen molar-refractivity contribution >= 4 is 23.7 Å². The van der Waals surface area contributed by atoms with Crippen LogP contribution in [0.4, 0.5) is 5.69 Å². The zero-order valence-electron chi connectivity index (χ0n) is 19.4. The molecule has 0 radical (unpaired) electrons. The van der Waals surface area contributed by atoms with E-state index in [0.717, 1.165) is 5.56 Å². The minimum Gasteiger partial charge on any atom is -0.493 e. The highest BCUT2D eigenvalue weighted by molar-refractivity contribution is 6.04. The molecule has 0 aromatic heterocycles. The number of benzene rings is 3. The monoisotopic (exact) mass is 443 g/mol. The Labute approximate surface area is 194 Å². The molecule has 6 nitrogen and oxygen atoms in total. The van der Waals surface area contributed by atoms with Crippen LogP contribution in [0.2, 0.25) is 0 Å². The van der Waals surface area contributed by atoms with E-state index in [0.29, 0.717) is 29.2 Å². The van der Waals surface area contributed by atoms with Crippen LogP contribution in [-0.2, 0) is 5.41 Å². The van der Waals surface area contributed by atoms with Crippen molar-refractivity contribution in [2.45, 2.75) is 33.1 Å². The summed E-state index contributed by atoms with van der Waals surface area (Å²) < 4.78 is 5.54. The number of carbonyl (C=O) groups excluding carboxylic acids is 2. The molecule has 0 aliphatic rings. The molecule has 0 aliphatic carbocycles. The van der Waals surface area contributed by atoms with Gasteiger partial charge in [-0.25, -0.2) is 5.43 Å². The fourth-order valence-corrected chi connectivity index (χ4v) is 3.13. The van der Waals surface area contributed by atoms with Gasteiger partial charge in [0.25, 0.3) is 11.8 Å². The summed E-state index contributed by atoms with van der Waals surface area (Å²) in [6.45, 7) is 8.84. The van der Waals surface area contributed by atoms with Gasteiger partial charge in [-0.1, -0.05) is 45.0 Å². The summed E-state index contributed by atoms with van der Waals surface area (Å²) in [6.07, 6.45) is 1.54. The Kier molecular flexibility index (Phi) is 7.61. The summed E-state index contributed by atoms with van der Waals surface area (Å²) in [4.78, 5) is 24.9. The predicted molar refractivity (Wildman–Crippen MR) is 132 cm³/mol. The molecule has 0 fully saturated rings. The van der Waals surface area contributed by atoms with Crippen molar-refractivity contribution in [1.29, 1.82) is 0 Å². The number of hydrogen-bond acceptors (Lipinski definition) is 4. The summed E-state index contributed by atoms with van der Waals surface area (Å²) in [5.74, 6) is 0.146. The normalized spacial score (nSPS) is 11.3. The molecule has 0 atom stereocenters. The molecule has 0 aliphatic heterocycles. The number of amides is 2. The van der Waals surface area contributed by atoms with E-state index in [9.17, 15) is 9.59 Å². The topological polar surface area (TPSA) is 79.8 Å². The summed E-state index contributed by atoms with van der Waals surface area (Å²) in [6, 6.07) is 21.7. The molecule has 0 spiro atoms. The highest BCUT2D eigenvalue weighted by Gasteiger charge is 2.14. The van der Waals surface area contributed by atoms with Crippen LogP contribution < -0.4 is 15.5 Å². The van der Waals surface area contributed by atoms with Crippen molar-refractivity contribution in [1.82, 2.24) is 5.43 Å². The van der Waals surface area contributed by atoms with Crippen LogP contribution >= 0.6 is 0 Å². The molecular formula is C27H29N3O3. The average molecular weight is 444 g/mol. The molecular weight excluding hydrogens is 414 g/mol. The molecule has 170 valence electrons. The second kappa shape index (κ2) is 10.6. The van der Waals surface area contributed by atoms with Crippen molar-refractivity contribution in [3.8, 4) is 5.75 Å². The second-order valence-corrected chi connectivity index (χ2v) is 8.53. The first-order valence-corrected chi connectivity index (χ1v) is 10.8. The molecule has 0 unspecified atom stereocenters. The van der Waals surface area contributed by atoms with Gasteiger partial charge in [-0.2, -0.15) is 5.10 Å². The van der Waals surface area contributed by atoms with Gasteiger partial charge in [0.15, 0.2) is 0 Å². The lowest BCUT2D eigenvalue weighted by atomic mass is 9.87. The molecule has 3 aromatic carbocycles. The van der Waals surface area contributed by atoms with E-state index in [1.54, 1.807) is 30.5 Å². The molecule has 6 heteroatoms. The Hall–Kier alpha value is -3.93. The summed E-state index contributed by atoms with van der Waals surface area (Å²) >= 11 is 0. The Bertz CT molecular complexity index is 1130. The van der Waals surface area contributed by atoms with Gasteiger partial charge >= 0.3 is 0 Å². The van der Waals surface area contributed by atoms with Gasteiger partial charge in [0.05, 0.1) is 12.8 Å².